The molecule has 0 bridgehead atoms. The number of hydrogen-bond acceptors (Lipinski definition) is 6. The number of alkyl halides is 3. The second kappa shape index (κ2) is 13.1. The lowest BCUT2D eigenvalue weighted by Gasteiger charge is -2.36. The average molecular weight is 721 g/mol. The van der Waals surface area contributed by atoms with Crippen molar-refractivity contribution in [1.82, 2.24) is 4.90 Å². The van der Waals surface area contributed by atoms with Gasteiger partial charge in [0.2, 0.25) is 0 Å². The zero-order valence-electron chi connectivity index (χ0n) is 25.6. The van der Waals surface area contributed by atoms with Gasteiger partial charge < -0.3 is 4.90 Å². The van der Waals surface area contributed by atoms with E-state index in [1.54, 1.807) is 54.6 Å². The molecule has 0 radical (unpaired) electrons. The number of piperazine rings is 1. The van der Waals surface area contributed by atoms with Crippen LogP contribution >= 0.6 is 34.5 Å². The number of nitrogens with zero attached hydrogens (tertiary/aromatic N) is 3. The molecule has 12 heteroatoms. The van der Waals surface area contributed by atoms with Gasteiger partial charge in [-0.1, -0.05) is 65.7 Å². The number of rotatable bonds is 7. The normalized spacial score (nSPS) is 15.2. The molecule has 0 unspecified atom stereocenters. The number of carbonyl (C=O) groups is 3. The van der Waals surface area contributed by atoms with Gasteiger partial charge in [0, 0.05) is 53.9 Å². The molecule has 4 aromatic carbocycles. The fraction of sp³-hybridized carbons (Fsp3) is 0.162. The minimum atomic E-state index is -4.58. The molecule has 6 nitrogen and oxygen atoms in total. The maximum Gasteiger partial charge on any atom is 0.417 e. The van der Waals surface area contributed by atoms with Crippen LogP contribution in [0.15, 0.2) is 97.1 Å². The summed E-state index contributed by atoms with van der Waals surface area (Å²) in [4.78, 5) is 47.9. The Morgan fingerprint density at radius 1 is 0.776 bits per heavy atom. The van der Waals surface area contributed by atoms with Crippen LogP contribution in [0.1, 0.15) is 47.8 Å². The summed E-state index contributed by atoms with van der Waals surface area (Å²) in [6.07, 6.45) is -4.58. The smallest absolute Gasteiger partial charge is 0.369 e. The van der Waals surface area contributed by atoms with Crippen LogP contribution in [0.4, 0.5) is 23.9 Å². The van der Waals surface area contributed by atoms with E-state index in [1.165, 1.54) is 17.4 Å². The average Bonchev–Trinajstić information content (AvgIpc) is 3.58. The van der Waals surface area contributed by atoms with Gasteiger partial charge in [-0.2, -0.15) is 13.2 Å². The van der Waals surface area contributed by atoms with Crippen molar-refractivity contribution >= 4 is 62.8 Å². The molecular formula is C37H26Cl2F3N3O3S. The summed E-state index contributed by atoms with van der Waals surface area (Å²) in [6, 6.07) is 26.4. The summed E-state index contributed by atoms with van der Waals surface area (Å²) in [7, 11) is 0. The Kier molecular flexibility index (Phi) is 8.83. The highest BCUT2D eigenvalue weighted by molar-refractivity contribution is 7.20. The molecule has 0 atom stereocenters. The van der Waals surface area contributed by atoms with Crippen molar-refractivity contribution in [2.24, 2.45) is 0 Å². The minimum Gasteiger partial charge on any atom is -0.369 e. The number of benzene rings is 4. The fourth-order valence-corrected chi connectivity index (χ4v) is 7.91. The summed E-state index contributed by atoms with van der Waals surface area (Å²) >= 11 is 13.2. The number of ketones is 1. The van der Waals surface area contributed by atoms with E-state index < -0.39 is 23.6 Å². The van der Waals surface area contributed by atoms with Crippen molar-refractivity contribution in [1.29, 1.82) is 0 Å². The van der Waals surface area contributed by atoms with Crippen molar-refractivity contribution in [2.45, 2.75) is 12.7 Å². The lowest BCUT2D eigenvalue weighted by atomic mass is 9.97. The number of hydrogen-bond donors (Lipinski definition) is 0. The largest absolute Gasteiger partial charge is 0.417 e. The number of amides is 2. The van der Waals surface area contributed by atoms with Gasteiger partial charge in [0.05, 0.1) is 27.3 Å². The first-order chi connectivity index (χ1) is 23.5. The Labute approximate surface area is 293 Å². The van der Waals surface area contributed by atoms with Crippen LogP contribution in [0.25, 0.3) is 10.4 Å². The molecule has 3 heterocycles. The SMILES string of the molecule is O=C(c1ccc(Cl)cc1)c1c(N2C(=O)c3ccccc3C2=O)sc(-c2ccccc2)c1CN1CCN(c2ccc(Cl)c(C(F)(F)F)c2)CC1. The highest BCUT2D eigenvalue weighted by Gasteiger charge is 2.41. The van der Waals surface area contributed by atoms with Gasteiger partial charge in [0.25, 0.3) is 11.8 Å². The standard InChI is InChI=1S/C37H26Cl2F3N3O3S/c38-24-12-10-22(11-13-24)32(46)31-28(21-43-16-18-44(19-17-43)25-14-15-30(39)29(20-25)37(40,41)42)33(23-6-2-1-3-7-23)49-36(31)45-34(47)26-8-4-5-9-27(26)35(45)48/h1-15,20H,16-19,21H2. The van der Waals surface area contributed by atoms with E-state index in [2.05, 4.69) is 4.90 Å². The van der Waals surface area contributed by atoms with Crippen molar-refractivity contribution in [2.75, 3.05) is 36.0 Å². The molecule has 49 heavy (non-hydrogen) atoms. The Bertz CT molecular complexity index is 2060. The Hall–Kier alpha value is -4.48. The highest BCUT2D eigenvalue weighted by Crippen LogP contribution is 2.46. The quantitative estimate of drug-likeness (QED) is 0.124. The Morgan fingerprint density at radius 2 is 1.39 bits per heavy atom. The van der Waals surface area contributed by atoms with Crippen molar-refractivity contribution in [3.05, 3.63) is 140 Å². The van der Waals surface area contributed by atoms with Gasteiger partial charge in [-0.15, -0.1) is 11.3 Å². The van der Waals surface area contributed by atoms with E-state index in [0.29, 0.717) is 54.6 Å². The summed E-state index contributed by atoms with van der Waals surface area (Å²) in [5.74, 6) is -1.38. The molecule has 5 aromatic rings. The molecule has 0 N–H and O–H groups in total. The van der Waals surface area contributed by atoms with Crippen molar-refractivity contribution in [3.63, 3.8) is 0 Å². The number of imide groups is 1. The van der Waals surface area contributed by atoms with Crippen LogP contribution in [-0.2, 0) is 12.7 Å². The zero-order valence-corrected chi connectivity index (χ0v) is 28.0. The van der Waals surface area contributed by atoms with E-state index in [0.717, 1.165) is 21.4 Å². The third-order valence-corrected chi connectivity index (χ3v) is 10.6. The topological polar surface area (TPSA) is 60.9 Å². The third-order valence-electron chi connectivity index (χ3n) is 8.73. The highest BCUT2D eigenvalue weighted by atomic mass is 35.5. The minimum absolute atomic E-state index is 0.236. The van der Waals surface area contributed by atoms with Gasteiger partial charge in [0.1, 0.15) is 5.00 Å². The Balaban J connectivity index is 1.29. The molecule has 2 aliphatic rings. The maximum absolute atomic E-state index is 14.5. The molecule has 0 saturated carbocycles. The predicted octanol–water partition coefficient (Wildman–Crippen LogP) is 9.09. The van der Waals surface area contributed by atoms with Crippen LogP contribution in [0, 0.1) is 0 Å². The number of anilines is 2. The molecular weight excluding hydrogens is 694 g/mol. The van der Waals surface area contributed by atoms with E-state index in [9.17, 15) is 27.6 Å². The van der Waals surface area contributed by atoms with E-state index >= 15 is 0 Å². The van der Waals surface area contributed by atoms with Gasteiger partial charge in [0.15, 0.2) is 5.78 Å². The second-order valence-electron chi connectivity index (χ2n) is 11.7. The van der Waals surface area contributed by atoms with E-state index in [-0.39, 0.29) is 32.5 Å². The first-order valence-corrected chi connectivity index (χ1v) is 16.9. The number of carbonyl (C=O) groups excluding carboxylic acids is 3. The van der Waals surface area contributed by atoms with Crippen LogP contribution in [0.5, 0.6) is 0 Å². The number of fused-ring (bicyclic) bond motifs is 1. The Morgan fingerprint density at radius 3 is 2.00 bits per heavy atom. The predicted molar refractivity (Wildman–Crippen MR) is 186 cm³/mol. The first kappa shape index (κ1) is 33.0. The molecule has 2 aliphatic heterocycles. The van der Waals surface area contributed by atoms with Gasteiger partial charge >= 0.3 is 6.18 Å². The molecule has 1 saturated heterocycles. The first-order valence-electron chi connectivity index (χ1n) is 15.3. The molecule has 1 aromatic heterocycles. The van der Waals surface area contributed by atoms with Crippen LogP contribution < -0.4 is 9.80 Å². The zero-order chi connectivity index (χ0) is 34.4. The lowest BCUT2D eigenvalue weighted by molar-refractivity contribution is -0.137. The van der Waals surface area contributed by atoms with Crippen LogP contribution in [0.3, 0.4) is 0 Å². The van der Waals surface area contributed by atoms with Crippen molar-refractivity contribution < 1.29 is 27.6 Å². The summed E-state index contributed by atoms with van der Waals surface area (Å²) in [6.45, 7) is 2.10. The van der Waals surface area contributed by atoms with Crippen LogP contribution in [-0.4, -0.2) is 48.7 Å². The van der Waals surface area contributed by atoms with Gasteiger partial charge in [-0.3, -0.25) is 19.3 Å². The second-order valence-corrected chi connectivity index (χ2v) is 13.6. The van der Waals surface area contributed by atoms with Gasteiger partial charge in [-0.05, 0) is 65.7 Å². The molecule has 7 rings (SSSR count). The fourth-order valence-electron chi connectivity index (χ4n) is 6.25. The van der Waals surface area contributed by atoms with E-state index in [1.807, 2.05) is 35.2 Å². The molecule has 1 fully saturated rings. The summed E-state index contributed by atoms with van der Waals surface area (Å²) in [5.41, 5.74) is 2.12. The van der Waals surface area contributed by atoms with Crippen LogP contribution in [0.2, 0.25) is 10.0 Å². The summed E-state index contributed by atoms with van der Waals surface area (Å²) < 4.78 is 40.7. The maximum atomic E-state index is 14.5. The number of halogens is 5. The molecule has 2 amide bonds. The lowest BCUT2D eigenvalue weighted by Crippen LogP contribution is -2.46. The molecule has 0 spiro atoms. The number of thiophene rings is 1. The molecule has 248 valence electrons. The molecule has 0 aliphatic carbocycles. The van der Waals surface area contributed by atoms with Crippen molar-refractivity contribution in [3.8, 4) is 10.4 Å². The van der Waals surface area contributed by atoms with E-state index in [4.69, 9.17) is 23.2 Å². The monoisotopic (exact) mass is 719 g/mol. The van der Waals surface area contributed by atoms with Gasteiger partial charge in [-0.25, -0.2) is 4.90 Å². The third kappa shape index (κ3) is 6.25. The summed E-state index contributed by atoms with van der Waals surface area (Å²) in [5, 5.41) is 0.334.